The normalized spacial score (nSPS) is 10.5. The predicted octanol–water partition coefficient (Wildman–Crippen LogP) is 1.15. The SMILES string of the molecule is COc1cc(-c2cc(N)n(CCO)n2)cc(OC)c1OC. The van der Waals surface area contributed by atoms with Crippen molar-refractivity contribution in [2.75, 3.05) is 33.7 Å². The van der Waals surface area contributed by atoms with Crippen LogP contribution in [0.25, 0.3) is 11.3 Å². The molecule has 7 nitrogen and oxygen atoms in total. The van der Waals surface area contributed by atoms with Crippen molar-refractivity contribution in [1.29, 1.82) is 0 Å². The van der Waals surface area contributed by atoms with Gasteiger partial charge in [-0.15, -0.1) is 0 Å². The minimum Gasteiger partial charge on any atom is -0.493 e. The highest BCUT2D eigenvalue weighted by Crippen LogP contribution is 2.41. The molecule has 0 fully saturated rings. The Morgan fingerprint density at radius 1 is 1.10 bits per heavy atom. The van der Waals surface area contributed by atoms with Crippen molar-refractivity contribution in [2.24, 2.45) is 0 Å². The molecule has 3 N–H and O–H groups in total. The van der Waals surface area contributed by atoms with E-state index in [2.05, 4.69) is 5.10 Å². The predicted molar refractivity (Wildman–Crippen MR) is 78.8 cm³/mol. The van der Waals surface area contributed by atoms with Gasteiger partial charge in [0.05, 0.1) is 40.2 Å². The van der Waals surface area contributed by atoms with Crippen molar-refractivity contribution >= 4 is 5.82 Å². The number of hydrogen-bond donors (Lipinski definition) is 2. The topological polar surface area (TPSA) is 91.8 Å². The van der Waals surface area contributed by atoms with Crippen LogP contribution in [0, 0.1) is 0 Å². The summed E-state index contributed by atoms with van der Waals surface area (Å²) < 4.78 is 17.5. The molecular weight excluding hydrogens is 274 g/mol. The minimum absolute atomic E-state index is 0.0272. The van der Waals surface area contributed by atoms with Crippen LogP contribution >= 0.6 is 0 Å². The number of nitrogens with zero attached hydrogens (tertiary/aromatic N) is 2. The van der Waals surface area contributed by atoms with Crippen LogP contribution in [-0.2, 0) is 6.54 Å². The molecule has 1 aromatic heterocycles. The second kappa shape index (κ2) is 6.36. The van der Waals surface area contributed by atoms with E-state index in [1.54, 1.807) is 44.2 Å². The van der Waals surface area contributed by atoms with Crippen molar-refractivity contribution in [3.63, 3.8) is 0 Å². The summed E-state index contributed by atoms with van der Waals surface area (Å²) in [5.41, 5.74) is 7.32. The van der Waals surface area contributed by atoms with Gasteiger partial charge < -0.3 is 25.1 Å². The summed E-state index contributed by atoms with van der Waals surface area (Å²) in [5, 5.41) is 13.3. The Hall–Kier alpha value is -2.41. The first-order valence-corrected chi connectivity index (χ1v) is 6.39. The van der Waals surface area contributed by atoms with Crippen molar-refractivity contribution < 1.29 is 19.3 Å². The molecule has 0 bridgehead atoms. The van der Waals surface area contributed by atoms with Gasteiger partial charge in [0.2, 0.25) is 5.75 Å². The molecule has 0 aliphatic rings. The molecule has 0 radical (unpaired) electrons. The van der Waals surface area contributed by atoms with Crippen LogP contribution in [0.3, 0.4) is 0 Å². The van der Waals surface area contributed by atoms with Crippen molar-refractivity contribution in [2.45, 2.75) is 6.54 Å². The maximum Gasteiger partial charge on any atom is 0.203 e. The van der Waals surface area contributed by atoms with E-state index in [0.29, 0.717) is 35.3 Å². The first-order chi connectivity index (χ1) is 10.1. The average Bonchev–Trinajstić information content (AvgIpc) is 2.87. The second-order valence-electron chi connectivity index (χ2n) is 4.32. The fourth-order valence-corrected chi connectivity index (χ4v) is 2.08. The lowest BCUT2D eigenvalue weighted by molar-refractivity contribution is 0.270. The van der Waals surface area contributed by atoms with Gasteiger partial charge in [-0.25, -0.2) is 4.68 Å². The third-order valence-electron chi connectivity index (χ3n) is 3.08. The van der Waals surface area contributed by atoms with Crippen molar-refractivity contribution in [3.8, 4) is 28.5 Å². The van der Waals surface area contributed by atoms with E-state index in [0.717, 1.165) is 5.56 Å². The number of methoxy groups -OCH3 is 3. The van der Waals surface area contributed by atoms with E-state index in [4.69, 9.17) is 25.1 Å². The Morgan fingerprint density at radius 3 is 2.19 bits per heavy atom. The molecule has 0 saturated carbocycles. The van der Waals surface area contributed by atoms with Crippen LogP contribution in [0.5, 0.6) is 17.2 Å². The lowest BCUT2D eigenvalue weighted by Crippen LogP contribution is -2.07. The third kappa shape index (κ3) is 2.87. The van der Waals surface area contributed by atoms with E-state index in [1.807, 2.05) is 0 Å². The van der Waals surface area contributed by atoms with Gasteiger partial charge in [0.25, 0.3) is 0 Å². The van der Waals surface area contributed by atoms with Crippen LogP contribution in [0.1, 0.15) is 0 Å². The molecule has 21 heavy (non-hydrogen) atoms. The number of aromatic nitrogens is 2. The molecule has 7 heteroatoms. The number of ether oxygens (including phenoxy) is 3. The number of nitrogens with two attached hydrogens (primary N) is 1. The molecule has 0 spiro atoms. The molecular formula is C14H19N3O4. The van der Waals surface area contributed by atoms with Crippen LogP contribution < -0.4 is 19.9 Å². The van der Waals surface area contributed by atoms with Gasteiger partial charge in [-0.1, -0.05) is 0 Å². The number of anilines is 1. The van der Waals surface area contributed by atoms with Gasteiger partial charge in [-0.3, -0.25) is 0 Å². The van der Waals surface area contributed by atoms with E-state index in [-0.39, 0.29) is 6.61 Å². The zero-order valence-corrected chi connectivity index (χ0v) is 12.3. The molecule has 1 aromatic carbocycles. The first-order valence-electron chi connectivity index (χ1n) is 6.39. The Balaban J connectivity index is 2.51. The second-order valence-corrected chi connectivity index (χ2v) is 4.32. The lowest BCUT2D eigenvalue weighted by atomic mass is 10.1. The highest BCUT2D eigenvalue weighted by atomic mass is 16.5. The summed E-state index contributed by atoms with van der Waals surface area (Å²) in [4.78, 5) is 0. The van der Waals surface area contributed by atoms with Gasteiger partial charge in [0.1, 0.15) is 5.82 Å². The number of hydrogen-bond acceptors (Lipinski definition) is 6. The molecule has 0 aliphatic carbocycles. The zero-order chi connectivity index (χ0) is 15.4. The summed E-state index contributed by atoms with van der Waals surface area (Å²) in [6.45, 7) is 0.316. The maximum absolute atomic E-state index is 8.98. The van der Waals surface area contributed by atoms with Crippen LogP contribution in [0.2, 0.25) is 0 Å². The van der Waals surface area contributed by atoms with E-state index < -0.39 is 0 Å². The first kappa shape index (κ1) is 15.0. The van der Waals surface area contributed by atoms with Gasteiger partial charge in [-0.2, -0.15) is 5.10 Å². The Bertz CT molecular complexity index is 600. The van der Waals surface area contributed by atoms with Gasteiger partial charge in [-0.05, 0) is 12.1 Å². The Kier molecular flexibility index (Phi) is 4.54. The molecule has 0 amide bonds. The standard InChI is InChI=1S/C14H19N3O4/c1-19-11-6-9(7-12(20-2)14(11)21-3)10-8-13(15)17(16-10)4-5-18/h6-8,18H,4-5,15H2,1-3H3. The van der Waals surface area contributed by atoms with Crippen molar-refractivity contribution in [3.05, 3.63) is 18.2 Å². The molecule has 0 aliphatic heterocycles. The number of nitrogen functional groups attached to an aromatic ring is 1. The van der Waals surface area contributed by atoms with E-state index in [9.17, 15) is 0 Å². The molecule has 114 valence electrons. The summed E-state index contributed by atoms with van der Waals surface area (Å²) in [6.07, 6.45) is 0. The summed E-state index contributed by atoms with van der Waals surface area (Å²) >= 11 is 0. The molecule has 0 unspecified atom stereocenters. The minimum atomic E-state index is -0.0272. The van der Waals surface area contributed by atoms with E-state index in [1.165, 1.54) is 0 Å². The van der Waals surface area contributed by atoms with Gasteiger partial charge >= 0.3 is 0 Å². The molecule has 2 aromatic rings. The van der Waals surface area contributed by atoms with Gasteiger partial charge in [0, 0.05) is 11.6 Å². The summed E-state index contributed by atoms with van der Waals surface area (Å²) in [6, 6.07) is 5.33. The largest absolute Gasteiger partial charge is 0.493 e. The van der Waals surface area contributed by atoms with Crippen LogP contribution in [-0.4, -0.2) is 42.8 Å². The highest BCUT2D eigenvalue weighted by Gasteiger charge is 2.16. The summed E-state index contributed by atoms with van der Waals surface area (Å²) in [7, 11) is 4.66. The molecule has 1 heterocycles. The Morgan fingerprint density at radius 2 is 1.71 bits per heavy atom. The Labute approximate surface area is 122 Å². The zero-order valence-electron chi connectivity index (χ0n) is 12.3. The number of benzene rings is 1. The monoisotopic (exact) mass is 293 g/mol. The van der Waals surface area contributed by atoms with Crippen molar-refractivity contribution in [1.82, 2.24) is 9.78 Å². The van der Waals surface area contributed by atoms with Crippen LogP contribution in [0.15, 0.2) is 18.2 Å². The third-order valence-corrected chi connectivity index (χ3v) is 3.08. The fraction of sp³-hybridized carbons (Fsp3) is 0.357. The fourth-order valence-electron chi connectivity index (χ4n) is 2.08. The highest BCUT2D eigenvalue weighted by molar-refractivity contribution is 5.70. The van der Waals surface area contributed by atoms with E-state index >= 15 is 0 Å². The lowest BCUT2D eigenvalue weighted by Gasteiger charge is -2.13. The summed E-state index contributed by atoms with van der Waals surface area (Å²) in [5.74, 6) is 2.09. The number of aliphatic hydroxyl groups excluding tert-OH is 1. The molecule has 0 saturated heterocycles. The maximum atomic E-state index is 8.98. The van der Waals surface area contributed by atoms with Gasteiger partial charge in [0.15, 0.2) is 11.5 Å². The number of aliphatic hydroxyl groups is 1. The smallest absolute Gasteiger partial charge is 0.203 e. The van der Waals surface area contributed by atoms with Crippen LogP contribution in [0.4, 0.5) is 5.82 Å². The quantitative estimate of drug-likeness (QED) is 0.830. The molecule has 2 rings (SSSR count). The number of rotatable bonds is 6. The molecule has 0 atom stereocenters. The average molecular weight is 293 g/mol.